The van der Waals surface area contributed by atoms with E-state index in [0.29, 0.717) is 10.7 Å². The van der Waals surface area contributed by atoms with Crippen LogP contribution in [-0.4, -0.2) is 11.8 Å². The lowest BCUT2D eigenvalue weighted by Gasteiger charge is -2.17. The van der Waals surface area contributed by atoms with Crippen molar-refractivity contribution in [2.45, 2.75) is 13.0 Å². The van der Waals surface area contributed by atoms with Gasteiger partial charge in [0.2, 0.25) is 0 Å². The smallest absolute Gasteiger partial charge is 0.320 e. The molecule has 0 radical (unpaired) electrons. The number of carbonyl (C=O) groups excluding carboxylic acids is 2. The minimum absolute atomic E-state index is 0.132. The maximum absolute atomic E-state index is 12.0. The van der Waals surface area contributed by atoms with E-state index < -0.39 is 12.1 Å². The quantitative estimate of drug-likeness (QED) is 0.902. The number of ketones is 1. The number of hydrogen-bond acceptors (Lipinski definition) is 2. The predicted octanol–water partition coefficient (Wildman–Crippen LogP) is 3.79. The molecule has 0 aromatic heterocycles. The van der Waals surface area contributed by atoms with Crippen LogP contribution in [0.3, 0.4) is 0 Å². The largest absolute Gasteiger partial charge is 0.324 e. The highest BCUT2D eigenvalue weighted by atomic mass is 35.5. The number of Topliss-reactive ketones (excluding diaryl/α,β-unsaturated/α-hetero) is 1. The van der Waals surface area contributed by atoms with E-state index in [2.05, 4.69) is 10.6 Å². The van der Waals surface area contributed by atoms with Crippen LogP contribution in [0.4, 0.5) is 10.5 Å². The SMILES string of the molecule is CC(=O)[C@H](NC(=O)Nc1ccc(Cl)cc1)c1ccccc1. The van der Waals surface area contributed by atoms with Gasteiger partial charge in [0.1, 0.15) is 6.04 Å². The highest BCUT2D eigenvalue weighted by Gasteiger charge is 2.18. The van der Waals surface area contributed by atoms with E-state index in [0.717, 1.165) is 5.56 Å². The normalized spacial score (nSPS) is 11.5. The second-order valence-corrected chi connectivity index (χ2v) is 5.00. The molecule has 0 fully saturated rings. The molecule has 0 aliphatic heterocycles. The second kappa shape index (κ2) is 6.90. The first-order chi connectivity index (χ1) is 10.1. The number of anilines is 1. The van der Waals surface area contributed by atoms with Crippen molar-refractivity contribution in [3.63, 3.8) is 0 Å². The summed E-state index contributed by atoms with van der Waals surface area (Å²) in [5, 5.41) is 5.92. The molecule has 0 aliphatic rings. The number of carbonyl (C=O) groups is 2. The van der Waals surface area contributed by atoms with E-state index in [-0.39, 0.29) is 5.78 Å². The predicted molar refractivity (Wildman–Crippen MR) is 83.5 cm³/mol. The minimum Gasteiger partial charge on any atom is -0.324 e. The monoisotopic (exact) mass is 302 g/mol. The number of urea groups is 1. The number of benzene rings is 2. The molecule has 0 saturated heterocycles. The molecular formula is C16H15ClN2O2. The van der Waals surface area contributed by atoms with Crippen LogP contribution in [0.15, 0.2) is 54.6 Å². The van der Waals surface area contributed by atoms with E-state index in [1.54, 1.807) is 36.4 Å². The van der Waals surface area contributed by atoms with Gasteiger partial charge in [-0.2, -0.15) is 0 Å². The van der Waals surface area contributed by atoms with Gasteiger partial charge >= 0.3 is 6.03 Å². The van der Waals surface area contributed by atoms with Crippen LogP contribution in [0.2, 0.25) is 5.02 Å². The van der Waals surface area contributed by atoms with Gasteiger partial charge in [0, 0.05) is 10.7 Å². The summed E-state index contributed by atoms with van der Waals surface area (Å²) in [5.74, 6) is -0.132. The Morgan fingerprint density at radius 3 is 2.19 bits per heavy atom. The fraction of sp³-hybridized carbons (Fsp3) is 0.125. The van der Waals surface area contributed by atoms with Crippen LogP contribution in [0.1, 0.15) is 18.5 Å². The van der Waals surface area contributed by atoms with Crippen molar-refractivity contribution in [1.82, 2.24) is 5.32 Å². The van der Waals surface area contributed by atoms with Crippen molar-refractivity contribution >= 4 is 29.1 Å². The molecule has 21 heavy (non-hydrogen) atoms. The topological polar surface area (TPSA) is 58.2 Å². The van der Waals surface area contributed by atoms with Crippen molar-refractivity contribution < 1.29 is 9.59 Å². The minimum atomic E-state index is -0.668. The molecule has 2 aromatic rings. The highest BCUT2D eigenvalue weighted by molar-refractivity contribution is 6.30. The number of amides is 2. The molecule has 1 atom stereocenters. The van der Waals surface area contributed by atoms with Crippen molar-refractivity contribution in [3.05, 3.63) is 65.2 Å². The van der Waals surface area contributed by atoms with Crippen molar-refractivity contribution in [2.24, 2.45) is 0 Å². The molecule has 0 heterocycles. The Kier molecular flexibility index (Phi) is 4.95. The van der Waals surface area contributed by atoms with Crippen LogP contribution >= 0.6 is 11.6 Å². The summed E-state index contributed by atoms with van der Waals surface area (Å²) in [6, 6.07) is 14.7. The Morgan fingerprint density at radius 2 is 1.62 bits per heavy atom. The summed E-state index contributed by atoms with van der Waals surface area (Å²) in [6.45, 7) is 1.44. The first kappa shape index (κ1) is 15.1. The third-order valence-corrected chi connectivity index (χ3v) is 3.17. The van der Waals surface area contributed by atoms with Crippen molar-refractivity contribution in [3.8, 4) is 0 Å². The molecule has 2 amide bonds. The van der Waals surface area contributed by atoms with Gasteiger partial charge in [0.25, 0.3) is 0 Å². The first-order valence-electron chi connectivity index (χ1n) is 6.45. The molecule has 0 aliphatic carbocycles. The average molecular weight is 303 g/mol. The van der Waals surface area contributed by atoms with Gasteiger partial charge in [-0.05, 0) is 36.8 Å². The summed E-state index contributed by atoms with van der Waals surface area (Å²) in [7, 11) is 0. The molecule has 108 valence electrons. The maximum atomic E-state index is 12.0. The maximum Gasteiger partial charge on any atom is 0.320 e. The third-order valence-electron chi connectivity index (χ3n) is 2.92. The zero-order chi connectivity index (χ0) is 15.2. The fourth-order valence-electron chi connectivity index (χ4n) is 1.90. The van der Waals surface area contributed by atoms with E-state index in [4.69, 9.17) is 11.6 Å². The average Bonchev–Trinajstić information content (AvgIpc) is 2.48. The number of halogens is 1. The summed E-state index contributed by atoms with van der Waals surface area (Å²) in [4.78, 5) is 23.7. The Bertz CT molecular complexity index is 626. The molecule has 4 nitrogen and oxygen atoms in total. The lowest BCUT2D eigenvalue weighted by molar-refractivity contribution is -0.118. The van der Waals surface area contributed by atoms with Crippen LogP contribution in [-0.2, 0) is 4.79 Å². The molecular weight excluding hydrogens is 288 g/mol. The summed E-state index contributed by atoms with van der Waals surface area (Å²) in [5.41, 5.74) is 1.35. The molecule has 2 rings (SSSR count). The molecule has 2 N–H and O–H groups in total. The van der Waals surface area contributed by atoms with Crippen molar-refractivity contribution in [2.75, 3.05) is 5.32 Å². The van der Waals surface area contributed by atoms with E-state index in [9.17, 15) is 9.59 Å². The summed E-state index contributed by atoms with van der Waals surface area (Å²) < 4.78 is 0. The molecule has 2 aromatic carbocycles. The Morgan fingerprint density at radius 1 is 1.00 bits per heavy atom. The zero-order valence-corrected chi connectivity index (χ0v) is 12.2. The number of hydrogen-bond donors (Lipinski definition) is 2. The molecule has 0 bridgehead atoms. The zero-order valence-electron chi connectivity index (χ0n) is 11.5. The van der Waals surface area contributed by atoms with E-state index in [1.165, 1.54) is 6.92 Å². The fourth-order valence-corrected chi connectivity index (χ4v) is 2.02. The molecule has 5 heteroatoms. The Labute approximate surface area is 128 Å². The Hall–Kier alpha value is -2.33. The lowest BCUT2D eigenvalue weighted by Crippen LogP contribution is -2.35. The van der Waals surface area contributed by atoms with E-state index in [1.807, 2.05) is 18.2 Å². The molecule has 0 saturated carbocycles. The first-order valence-corrected chi connectivity index (χ1v) is 6.82. The van der Waals surface area contributed by atoms with Gasteiger partial charge in [-0.15, -0.1) is 0 Å². The van der Waals surface area contributed by atoms with Gasteiger partial charge in [-0.25, -0.2) is 4.79 Å². The number of nitrogens with one attached hydrogen (secondary N) is 2. The van der Waals surface area contributed by atoms with Crippen LogP contribution in [0, 0.1) is 0 Å². The van der Waals surface area contributed by atoms with Gasteiger partial charge < -0.3 is 10.6 Å². The molecule has 0 unspecified atom stereocenters. The third kappa shape index (κ3) is 4.33. The van der Waals surface area contributed by atoms with Gasteiger partial charge in [-0.1, -0.05) is 41.9 Å². The van der Waals surface area contributed by atoms with Crippen LogP contribution in [0.5, 0.6) is 0 Å². The summed E-state index contributed by atoms with van der Waals surface area (Å²) in [6.07, 6.45) is 0. The lowest BCUT2D eigenvalue weighted by atomic mass is 10.0. The standard InChI is InChI=1S/C16H15ClN2O2/c1-11(20)15(12-5-3-2-4-6-12)19-16(21)18-14-9-7-13(17)8-10-14/h2-10,15H,1H3,(H2,18,19,21)/t15-/m0/s1. The van der Waals surface area contributed by atoms with Crippen LogP contribution in [0.25, 0.3) is 0 Å². The van der Waals surface area contributed by atoms with E-state index >= 15 is 0 Å². The number of rotatable bonds is 4. The van der Waals surface area contributed by atoms with Crippen molar-refractivity contribution in [1.29, 1.82) is 0 Å². The van der Waals surface area contributed by atoms with Gasteiger partial charge in [0.15, 0.2) is 5.78 Å². The molecule has 0 spiro atoms. The van der Waals surface area contributed by atoms with Gasteiger partial charge in [0.05, 0.1) is 0 Å². The van der Waals surface area contributed by atoms with Gasteiger partial charge in [-0.3, -0.25) is 4.79 Å². The Balaban J connectivity index is 2.05. The van der Waals surface area contributed by atoms with Crippen LogP contribution < -0.4 is 10.6 Å². The highest BCUT2D eigenvalue weighted by Crippen LogP contribution is 2.15. The summed E-state index contributed by atoms with van der Waals surface area (Å²) >= 11 is 5.78. The second-order valence-electron chi connectivity index (χ2n) is 4.56.